The summed E-state index contributed by atoms with van der Waals surface area (Å²) in [5.41, 5.74) is 2.19. The van der Waals surface area contributed by atoms with Crippen molar-refractivity contribution in [2.75, 3.05) is 12.4 Å². The van der Waals surface area contributed by atoms with Crippen molar-refractivity contribution in [3.63, 3.8) is 0 Å². The SMILES string of the molecule is COc1ccc(NC(=O)c2csc(-c3ccsc3)n2)cc1. The van der Waals surface area contributed by atoms with Crippen molar-refractivity contribution in [1.82, 2.24) is 4.98 Å². The highest BCUT2D eigenvalue weighted by molar-refractivity contribution is 7.14. The van der Waals surface area contributed by atoms with Gasteiger partial charge in [-0.2, -0.15) is 11.3 Å². The summed E-state index contributed by atoms with van der Waals surface area (Å²) in [6, 6.07) is 9.18. The third-order valence-electron chi connectivity index (χ3n) is 2.85. The van der Waals surface area contributed by atoms with Crippen LogP contribution in [0.25, 0.3) is 10.6 Å². The number of anilines is 1. The maximum atomic E-state index is 12.2. The number of amides is 1. The highest BCUT2D eigenvalue weighted by atomic mass is 32.1. The molecule has 0 aliphatic rings. The number of methoxy groups -OCH3 is 1. The van der Waals surface area contributed by atoms with Gasteiger partial charge in [-0.1, -0.05) is 0 Å². The van der Waals surface area contributed by atoms with Crippen molar-refractivity contribution in [3.05, 3.63) is 52.2 Å². The zero-order valence-electron chi connectivity index (χ0n) is 11.2. The van der Waals surface area contributed by atoms with Gasteiger partial charge in [-0.15, -0.1) is 11.3 Å². The quantitative estimate of drug-likeness (QED) is 0.787. The molecule has 0 bridgehead atoms. The first kappa shape index (κ1) is 13.8. The number of hydrogen-bond acceptors (Lipinski definition) is 5. The standard InChI is InChI=1S/C15H12N2O2S2/c1-19-12-4-2-11(3-5-12)16-14(18)13-9-21-15(17-13)10-6-7-20-8-10/h2-9H,1H3,(H,16,18). The van der Waals surface area contributed by atoms with Gasteiger partial charge in [-0.3, -0.25) is 4.79 Å². The van der Waals surface area contributed by atoms with Gasteiger partial charge in [0.15, 0.2) is 0 Å². The maximum Gasteiger partial charge on any atom is 0.275 e. The predicted octanol–water partition coefficient (Wildman–Crippen LogP) is 4.13. The summed E-state index contributed by atoms with van der Waals surface area (Å²) in [7, 11) is 1.61. The number of carbonyl (C=O) groups is 1. The number of benzene rings is 1. The van der Waals surface area contributed by atoms with E-state index in [2.05, 4.69) is 10.3 Å². The van der Waals surface area contributed by atoms with Gasteiger partial charge >= 0.3 is 0 Å². The number of aromatic nitrogens is 1. The van der Waals surface area contributed by atoms with Crippen LogP contribution < -0.4 is 10.1 Å². The highest BCUT2D eigenvalue weighted by Gasteiger charge is 2.12. The summed E-state index contributed by atoms with van der Waals surface area (Å²) >= 11 is 3.08. The molecule has 0 saturated carbocycles. The van der Waals surface area contributed by atoms with Crippen LogP contribution in [-0.4, -0.2) is 18.0 Å². The molecule has 1 amide bonds. The Hall–Kier alpha value is -2.18. The molecule has 1 aromatic carbocycles. The van der Waals surface area contributed by atoms with E-state index < -0.39 is 0 Å². The molecule has 21 heavy (non-hydrogen) atoms. The van der Waals surface area contributed by atoms with Crippen LogP contribution in [0.2, 0.25) is 0 Å². The Morgan fingerprint density at radius 2 is 2.00 bits per heavy atom. The summed E-state index contributed by atoms with van der Waals surface area (Å²) in [4.78, 5) is 16.5. The van der Waals surface area contributed by atoms with Gasteiger partial charge in [0.25, 0.3) is 5.91 Å². The van der Waals surface area contributed by atoms with Crippen molar-refractivity contribution in [2.24, 2.45) is 0 Å². The number of nitrogens with one attached hydrogen (secondary N) is 1. The molecule has 3 aromatic rings. The summed E-state index contributed by atoms with van der Waals surface area (Å²) < 4.78 is 5.08. The Kier molecular flexibility index (Phi) is 3.98. The smallest absolute Gasteiger partial charge is 0.275 e. The lowest BCUT2D eigenvalue weighted by Gasteiger charge is -2.04. The van der Waals surface area contributed by atoms with E-state index in [0.29, 0.717) is 11.4 Å². The van der Waals surface area contributed by atoms with Crippen LogP contribution in [0.15, 0.2) is 46.5 Å². The number of hydrogen-bond donors (Lipinski definition) is 1. The molecule has 6 heteroatoms. The Morgan fingerprint density at radius 1 is 1.19 bits per heavy atom. The molecule has 0 radical (unpaired) electrons. The van der Waals surface area contributed by atoms with Crippen LogP contribution >= 0.6 is 22.7 Å². The molecule has 0 aliphatic carbocycles. The number of ether oxygens (including phenoxy) is 1. The molecule has 0 aliphatic heterocycles. The predicted molar refractivity (Wildman–Crippen MR) is 86.4 cm³/mol. The third-order valence-corrected chi connectivity index (χ3v) is 4.43. The van der Waals surface area contributed by atoms with Crippen LogP contribution in [0, 0.1) is 0 Å². The Balaban J connectivity index is 1.73. The first-order chi connectivity index (χ1) is 10.3. The van der Waals surface area contributed by atoms with E-state index in [-0.39, 0.29) is 5.91 Å². The molecule has 106 valence electrons. The monoisotopic (exact) mass is 316 g/mol. The van der Waals surface area contributed by atoms with Crippen molar-refractivity contribution in [2.45, 2.75) is 0 Å². The van der Waals surface area contributed by atoms with Crippen LogP contribution in [0.4, 0.5) is 5.69 Å². The molecule has 1 N–H and O–H groups in total. The average molecular weight is 316 g/mol. The fourth-order valence-electron chi connectivity index (χ4n) is 1.77. The van der Waals surface area contributed by atoms with E-state index in [4.69, 9.17) is 4.74 Å². The molecule has 0 unspecified atom stereocenters. The Morgan fingerprint density at radius 3 is 2.67 bits per heavy atom. The van der Waals surface area contributed by atoms with Crippen molar-refractivity contribution in [3.8, 4) is 16.3 Å². The zero-order valence-corrected chi connectivity index (χ0v) is 12.8. The van der Waals surface area contributed by atoms with E-state index in [1.807, 2.05) is 16.8 Å². The first-order valence-electron chi connectivity index (χ1n) is 6.20. The second-order valence-corrected chi connectivity index (χ2v) is 5.87. The van der Waals surface area contributed by atoms with Crippen LogP contribution in [-0.2, 0) is 0 Å². The molecule has 2 heterocycles. The van der Waals surface area contributed by atoms with E-state index in [1.54, 1.807) is 48.1 Å². The van der Waals surface area contributed by atoms with Crippen LogP contribution in [0.5, 0.6) is 5.75 Å². The second-order valence-electron chi connectivity index (χ2n) is 4.23. The van der Waals surface area contributed by atoms with E-state index in [1.165, 1.54) is 11.3 Å². The Bertz CT molecular complexity index is 733. The minimum absolute atomic E-state index is 0.210. The lowest BCUT2D eigenvalue weighted by atomic mass is 10.3. The Labute approximate surface area is 130 Å². The second kappa shape index (κ2) is 6.07. The molecule has 0 fully saturated rings. The molecular weight excluding hydrogens is 304 g/mol. The molecule has 0 atom stereocenters. The van der Waals surface area contributed by atoms with Crippen LogP contribution in [0.1, 0.15) is 10.5 Å². The van der Waals surface area contributed by atoms with E-state index in [9.17, 15) is 4.79 Å². The zero-order chi connectivity index (χ0) is 14.7. The van der Waals surface area contributed by atoms with Crippen molar-refractivity contribution in [1.29, 1.82) is 0 Å². The highest BCUT2D eigenvalue weighted by Crippen LogP contribution is 2.26. The van der Waals surface area contributed by atoms with Gasteiger partial charge < -0.3 is 10.1 Å². The van der Waals surface area contributed by atoms with Gasteiger partial charge in [0, 0.05) is 22.0 Å². The van der Waals surface area contributed by atoms with Crippen molar-refractivity contribution < 1.29 is 9.53 Å². The van der Waals surface area contributed by atoms with Gasteiger partial charge in [0.1, 0.15) is 16.5 Å². The summed E-state index contributed by atoms with van der Waals surface area (Å²) in [5, 5.41) is 9.46. The van der Waals surface area contributed by atoms with Gasteiger partial charge in [-0.05, 0) is 35.7 Å². The number of thiophene rings is 1. The van der Waals surface area contributed by atoms with Gasteiger partial charge in [-0.25, -0.2) is 4.98 Å². The van der Waals surface area contributed by atoms with E-state index in [0.717, 1.165) is 16.3 Å². The van der Waals surface area contributed by atoms with Crippen molar-refractivity contribution >= 4 is 34.3 Å². The molecule has 2 aromatic heterocycles. The first-order valence-corrected chi connectivity index (χ1v) is 8.02. The van der Waals surface area contributed by atoms with E-state index >= 15 is 0 Å². The third kappa shape index (κ3) is 3.12. The number of rotatable bonds is 4. The number of nitrogens with zero attached hydrogens (tertiary/aromatic N) is 1. The number of carbonyl (C=O) groups excluding carboxylic acids is 1. The topological polar surface area (TPSA) is 51.2 Å². The number of thiazole rings is 1. The lowest BCUT2D eigenvalue weighted by molar-refractivity contribution is 0.102. The minimum atomic E-state index is -0.210. The summed E-state index contributed by atoms with van der Waals surface area (Å²) in [6.07, 6.45) is 0. The molecule has 3 rings (SSSR count). The largest absolute Gasteiger partial charge is 0.497 e. The fourth-order valence-corrected chi connectivity index (χ4v) is 3.28. The van der Waals surface area contributed by atoms with Gasteiger partial charge in [0.2, 0.25) is 0 Å². The summed E-state index contributed by atoms with van der Waals surface area (Å²) in [6.45, 7) is 0. The lowest BCUT2D eigenvalue weighted by Crippen LogP contribution is -2.12. The molecule has 4 nitrogen and oxygen atoms in total. The minimum Gasteiger partial charge on any atom is -0.497 e. The normalized spacial score (nSPS) is 10.3. The summed E-state index contributed by atoms with van der Waals surface area (Å²) in [5.74, 6) is 0.541. The molecule has 0 saturated heterocycles. The molecular formula is C15H12N2O2S2. The fraction of sp³-hybridized carbons (Fsp3) is 0.0667. The van der Waals surface area contributed by atoms with Crippen LogP contribution in [0.3, 0.4) is 0 Å². The maximum absolute atomic E-state index is 12.2. The van der Waals surface area contributed by atoms with Gasteiger partial charge in [0.05, 0.1) is 7.11 Å². The molecule has 0 spiro atoms. The average Bonchev–Trinajstić information content (AvgIpc) is 3.19.